The lowest BCUT2D eigenvalue weighted by atomic mass is 10.0. The van der Waals surface area contributed by atoms with Crippen LogP contribution in [0.5, 0.6) is 0 Å². The number of methoxy groups -OCH3 is 1. The van der Waals surface area contributed by atoms with Crippen LogP contribution in [0.2, 0.25) is 0 Å². The molecule has 0 unspecified atom stereocenters. The van der Waals surface area contributed by atoms with Gasteiger partial charge >= 0.3 is 11.9 Å². The van der Waals surface area contributed by atoms with Gasteiger partial charge in [0.15, 0.2) is 0 Å². The molecule has 0 heterocycles. The monoisotopic (exact) mass is 259 g/mol. The third-order valence-electron chi connectivity index (χ3n) is 2.16. The number of ether oxygens (including phenoxy) is 1. The van der Waals surface area contributed by atoms with Crippen LogP contribution in [-0.4, -0.2) is 30.2 Å². The maximum absolute atomic E-state index is 11.0. The fourth-order valence-corrected chi connectivity index (χ4v) is 1.27. The Bertz CT molecular complexity index is 391. The molecule has 0 spiro atoms. The number of aromatic carboxylic acids is 1. The molecule has 0 aromatic heterocycles. The fraction of sp³-hybridized carbons (Fsp3) is 0.273. The average Bonchev–Trinajstić information content (AvgIpc) is 2.28. The summed E-state index contributed by atoms with van der Waals surface area (Å²) in [6.07, 6.45) is 0.326. The lowest BCUT2D eigenvalue weighted by Crippen LogP contribution is -2.33. The van der Waals surface area contributed by atoms with Crippen LogP contribution in [0.15, 0.2) is 24.3 Å². The summed E-state index contributed by atoms with van der Waals surface area (Å²) in [5.74, 6) is -1.47. The summed E-state index contributed by atoms with van der Waals surface area (Å²) in [5, 5.41) is 8.69. The van der Waals surface area contributed by atoms with E-state index in [1.165, 1.54) is 19.2 Å². The van der Waals surface area contributed by atoms with E-state index in [9.17, 15) is 9.59 Å². The van der Waals surface area contributed by atoms with Crippen LogP contribution in [0, 0.1) is 0 Å². The van der Waals surface area contributed by atoms with Crippen molar-refractivity contribution in [1.29, 1.82) is 0 Å². The fourth-order valence-electron chi connectivity index (χ4n) is 1.27. The van der Waals surface area contributed by atoms with Crippen molar-refractivity contribution in [2.24, 2.45) is 5.73 Å². The predicted molar refractivity (Wildman–Crippen MR) is 64.3 cm³/mol. The number of hydrogen-bond donors (Lipinski definition) is 2. The third-order valence-corrected chi connectivity index (χ3v) is 2.16. The molecule has 0 aliphatic rings. The highest BCUT2D eigenvalue weighted by Crippen LogP contribution is 2.07. The van der Waals surface area contributed by atoms with Gasteiger partial charge in [-0.1, -0.05) is 12.1 Å². The molecule has 0 saturated carbocycles. The van der Waals surface area contributed by atoms with Gasteiger partial charge < -0.3 is 15.6 Å². The molecule has 0 radical (unpaired) electrons. The summed E-state index contributed by atoms with van der Waals surface area (Å²) in [7, 11) is 1.27. The SMILES string of the molecule is COC(=O)[C@@H](N)Cc1ccc(C(=O)O)cc1.Cl. The molecular weight excluding hydrogens is 246 g/mol. The summed E-state index contributed by atoms with van der Waals surface area (Å²) in [5.41, 5.74) is 6.57. The van der Waals surface area contributed by atoms with Gasteiger partial charge in [-0.3, -0.25) is 4.79 Å². The van der Waals surface area contributed by atoms with Crippen LogP contribution in [0.25, 0.3) is 0 Å². The normalized spacial score (nSPS) is 11.2. The predicted octanol–water partition coefficient (Wildman–Crippen LogP) is 0.849. The largest absolute Gasteiger partial charge is 0.478 e. The maximum Gasteiger partial charge on any atom is 0.335 e. The number of hydrogen-bond acceptors (Lipinski definition) is 4. The zero-order valence-electron chi connectivity index (χ0n) is 9.25. The highest BCUT2D eigenvalue weighted by molar-refractivity contribution is 5.87. The van der Waals surface area contributed by atoms with E-state index in [1.54, 1.807) is 12.1 Å². The first-order valence-corrected chi connectivity index (χ1v) is 4.70. The van der Waals surface area contributed by atoms with E-state index >= 15 is 0 Å². The molecule has 1 atom stereocenters. The van der Waals surface area contributed by atoms with Crippen molar-refractivity contribution in [2.75, 3.05) is 7.11 Å². The summed E-state index contributed by atoms with van der Waals surface area (Å²) < 4.78 is 4.49. The molecule has 6 heteroatoms. The summed E-state index contributed by atoms with van der Waals surface area (Å²) >= 11 is 0. The van der Waals surface area contributed by atoms with E-state index in [-0.39, 0.29) is 18.0 Å². The minimum absolute atomic E-state index is 0. The Morgan fingerprint density at radius 3 is 2.29 bits per heavy atom. The first kappa shape index (κ1) is 15.4. The lowest BCUT2D eigenvalue weighted by Gasteiger charge is -2.08. The molecular formula is C11H14ClNO4. The van der Waals surface area contributed by atoms with Crippen LogP contribution in [0.4, 0.5) is 0 Å². The number of carbonyl (C=O) groups excluding carboxylic acids is 1. The van der Waals surface area contributed by atoms with Gasteiger partial charge in [-0.2, -0.15) is 0 Å². The van der Waals surface area contributed by atoms with Crippen molar-refractivity contribution in [3.63, 3.8) is 0 Å². The molecule has 0 aliphatic heterocycles. The number of halogens is 1. The van der Waals surface area contributed by atoms with E-state index in [1.807, 2.05) is 0 Å². The number of carbonyl (C=O) groups is 2. The molecule has 0 bridgehead atoms. The smallest absolute Gasteiger partial charge is 0.335 e. The Kier molecular flexibility index (Phi) is 6.23. The molecule has 0 amide bonds. The third kappa shape index (κ3) is 4.42. The van der Waals surface area contributed by atoms with Crippen LogP contribution in [0.1, 0.15) is 15.9 Å². The number of esters is 1. The molecule has 94 valence electrons. The Balaban J connectivity index is 0.00000256. The van der Waals surface area contributed by atoms with Gasteiger partial charge in [0.25, 0.3) is 0 Å². The van der Waals surface area contributed by atoms with Crippen LogP contribution >= 0.6 is 12.4 Å². The van der Waals surface area contributed by atoms with E-state index in [2.05, 4.69) is 4.74 Å². The summed E-state index contributed by atoms with van der Waals surface area (Å²) in [6.45, 7) is 0. The molecule has 0 aliphatic carbocycles. The van der Waals surface area contributed by atoms with Gasteiger partial charge in [-0.15, -0.1) is 12.4 Å². The summed E-state index contributed by atoms with van der Waals surface area (Å²) in [6, 6.07) is 5.49. The van der Waals surface area contributed by atoms with Gasteiger partial charge in [0.05, 0.1) is 12.7 Å². The molecule has 1 aromatic carbocycles. The van der Waals surface area contributed by atoms with Gasteiger partial charge in [0, 0.05) is 0 Å². The quantitative estimate of drug-likeness (QED) is 0.783. The lowest BCUT2D eigenvalue weighted by molar-refractivity contribution is -0.142. The standard InChI is InChI=1S/C11H13NO4.ClH/c1-16-11(15)9(12)6-7-2-4-8(5-3-7)10(13)14;/h2-5,9H,6,12H2,1H3,(H,13,14);1H/t9-;/m0./s1. The van der Waals surface area contributed by atoms with E-state index in [4.69, 9.17) is 10.8 Å². The second-order valence-electron chi connectivity index (χ2n) is 3.34. The second-order valence-corrected chi connectivity index (χ2v) is 3.34. The maximum atomic E-state index is 11.0. The van der Waals surface area contributed by atoms with E-state index in [0.29, 0.717) is 6.42 Å². The first-order valence-electron chi connectivity index (χ1n) is 4.70. The van der Waals surface area contributed by atoms with Crippen molar-refractivity contribution in [1.82, 2.24) is 0 Å². The molecule has 17 heavy (non-hydrogen) atoms. The Morgan fingerprint density at radius 2 is 1.88 bits per heavy atom. The summed E-state index contributed by atoms with van der Waals surface area (Å²) in [4.78, 5) is 21.6. The van der Waals surface area contributed by atoms with Crippen LogP contribution in [0.3, 0.4) is 0 Å². The van der Waals surface area contributed by atoms with E-state index in [0.717, 1.165) is 5.56 Å². The van der Waals surface area contributed by atoms with Gasteiger partial charge in [-0.25, -0.2) is 4.79 Å². The Hall–Kier alpha value is -1.59. The topological polar surface area (TPSA) is 89.6 Å². The molecule has 1 rings (SSSR count). The minimum Gasteiger partial charge on any atom is -0.478 e. The first-order chi connectivity index (χ1) is 7.54. The number of carboxylic acids is 1. The van der Waals surface area contributed by atoms with Crippen molar-refractivity contribution < 1.29 is 19.4 Å². The number of rotatable bonds is 4. The zero-order valence-corrected chi connectivity index (χ0v) is 10.1. The van der Waals surface area contributed by atoms with Crippen molar-refractivity contribution in [3.05, 3.63) is 35.4 Å². The highest BCUT2D eigenvalue weighted by Gasteiger charge is 2.14. The minimum atomic E-state index is -0.983. The van der Waals surface area contributed by atoms with Gasteiger partial charge in [0.1, 0.15) is 6.04 Å². The number of benzene rings is 1. The van der Waals surface area contributed by atoms with Crippen molar-refractivity contribution in [3.8, 4) is 0 Å². The van der Waals surface area contributed by atoms with Crippen molar-refractivity contribution in [2.45, 2.75) is 12.5 Å². The zero-order chi connectivity index (χ0) is 12.1. The second kappa shape index (κ2) is 6.88. The number of carboxylic acid groups (broad SMARTS) is 1. The average molecular weight is 260 g/mol. The number of nitrogens with two attached hydrogens (primary N) is 1. The van der Waals surface area contributed by atoms with Crippen molar-refractivity contribution >= 4 is 24.3 Å². The molecule has 1 aromatic rings. The van der Waals surface area contributed by atoms with E-state index < -0.39 is 18.0 Å². The highest BCUT2D eigenvalue weighted by atomic mass is 35.5. The Labute approximate surface area is 105 Å². The van der Waals surface area contributed by atoms with Gasteiger partial charge in [-0.05, 0) is 24.1 Å². The molecule has 0 saturated heterocycles. The van der Waals surface area contributed by atoms with Gasteiger partial charge in [0.2, 0.25) is 0 Å². The van der Waals surface area contributed by atoms with Crippen LogP contribution < -0.4 is 5.73 Å². The molecule has 0 fully saturated rings. The van der Waals surface area contributed by atoms with Crippen LogP contribution in [-0.2, 0) is 16.0 Å². The molecule has 3 N–H and O–H groups in total. The Morgan fingerprint density at radius 1 is 1.35 bits per heavy atom. The molecule has 5 nitrogen and oxygen atoms in total.